The molecule has 29 heavy (non-hydrogen) atoms. The molecule has 1 aromatic heterocycles. The molecular formula is C18H15Br2N3O5S. The first-order chi connectivity index (χ1) is 14.0. The lowest BCUT2D eigenvalue weighted by molar-refractivity contribution is -0.115. The molecule has 0 radical (unpaired) electrons. The molecule has 3 heterocycles. The molecule has 11 heteroatoms. The van der Waals surface area contributed by atoms with Gasteiger partial charge in [-0.15, -0.1) is 0 Å². The number of hydrazone groups is 1. The molecule has 2 unspecified atom stereocenters. The normalized spacial score (nSPS) is 19.9. The lowest BCUT2D eigenvalue weighted by Crippen LogP contribution is -2.31. The number of benzene rings is 1. The second-order valence-corrected chi connectivity index (χ2v) is 8.55. The number of amides is 1. The maximum absolute atomic E-state index is 12.5. The maximum atomic E-state index is 12.5. The van der Waals surface area contributed by atoms with Gasteiger partial charge in [0.05, 0.1) is 28.2 Å². The lowest BCUT2D eigenvalue weighted by Gasteiger charge is -2.20. The smallest absolute Gasteiger partial charge is 0.289 e. The summed E-state index contributed by atoms with van der Waals surface area (Å²) in [5, 5.41) is 11.8. The minimum absolute atomic E-state index is 0.0908. The van der Waals surface area contributed by atoms with Crippen molar-refractivity contribution >= 4 is 61.0 Å². The minimum atomic E-state index is -0.538. The molecule has 2 aliphatic rings. The van der Waals surface area contributed by atoms with Crippen LogP contribution in [0.1, 0.15) is 24.2 Å². The highest BCUT2D eigenvalue weighted by molar-refractivity contribution is 9.11. The lowest BCUT2D eigenvalue weighted by atomic mass is 9.93. The average molecular weight is 545 g/mol. The van der Waals surface area contributed by atoms with Crippen LogP contribution in [-0.2, 0) is 9.63 Å². The van der Waals surface area contributed by atoms with Crippen molar-refractivity contribution in [3.63, 3.8) is 0 Å². The van der Waals surface area contributed by atoms with Gasteiger partial charge in [-0.1, -0.05) is 12.1 Å². The van der Waals surface area contributed by atoms with E-state index >= 15 is 0 Å². The van der Waals surface area contributed by atoms with Crippen LogP contribution in [0.25, 0.3) is 0 Å². The first-order valence-corrected chi connectivity index (χ1v) is 11.0. The van der Waals surface area contributed by atoms with Gasteiger partial charge in [-0.05, 0) is 48.7 Å². The number of hydrogen-bond donors (Lipinski definition) is 1. The van der Waals surface area contributed by atoms with Crippen molar-refractivity contribution in [3.8, 4) is 17.2 Å². The number of nitrogens with zero attached hydrogens (tertiary/aromatic N) is 2. The molecule has 0 spiro atoms. The van der Waals surface area contributed by atoms with E-state index in [1.54, 1.807) is 24.7 Å². The number of carbonyl (C=O) groups is 1. The number of halogens is 2. The number of oxime groups is 1. The third kappa shape index (κ3) is 3.62. The van der Waals surface area contributed by atoms with E-state index in [1.165, 1.54) is 0 Å². The minimum Gasteiger partial charge on any atom is -0.492 e. The summed E-state index contributed by atoms with van der Waals surface area (Å²) in [6.45, 7) is 1.95. The molecule has 2 aromatic rings. The zero-order valence-corrected chi connectivity index (χ0v) is 19.3. The Morgan fingerprint density at radius 3 is 2.90 bits per heavy atom. The van der Waals surface area contributed by atoms with Gasteiger partial charge in [-0.3, -0.25) is 4.79 Å². The highest BCUT2D eigenvalue weighted by atomic mass is 79.9. The van der Waals surface area contributed by atoms with Gasteiger partial charge in [0.15, 0.2) is 23.3 Å². The van der Waals surface area contributed by atoms with E-state index < -0.39 is 12.0 Å². The van der Waals surface area contributed by atoms with Gasteiger partial charge in [0, 0.05) is 11.1 Å². The Hall–Kier alpha value is -2.11. The van der Waals surface area contributed by atoms with Gasteiger partial charge in [0.25, 0.3) is 5.91 Å². The number of rotatable bonds is 5. The van der Waals surface area contributed by atoms with Crippen molar-refractivity contribution in [2.45, 2.75) is 13.0 Å². The number of thiophene rings is 1. The van der Waals surface area contributed by atoms with Crippen LogP contribution in [0.4, 0.5) is 0 Å². The molecule has 0 aliphatic carbocycles. The maximum Gasteiger partial charge on any atom is 0.289 e. The quantitative estimate of drug-likeness (QED) is 0.449. The van der Waals surface area contributed by atoms with Crippen LogP contribution < -0.4 is 19.6 Å². The van der Waals surface area contributed by atoms with Gasteiger partial charge < -0.3 is 19.0 Å². The Bertz CT molecular complexity index is 1010. The van der Waals surface area contributed by atoms with Crippen LogP contribution in [0.5, 0.6) is 17.2 Å². The largest absolute Gasteiger partial charge is 0.492 e. The molecule has 1 amide bonds. The molecule has 4 rings (SSSR count). The van der Waals surface area contributed by atoms with Crippen molar-refractivity contribution in [1.82, 2.24) is 5.43 Å². The van der Waals surface area contributed by atoms with Crippen LogP contribution >= 0.6 is 43.2 Å². The Balaban J connectivity index is 1.56. The number of methoxy groups -OCH3 is 1. The monoisotopic (exact) mass is 543 g/mol. The van der Waals surface area contributed by atoms with E-state index in [2.05, 4.69) is 47.5 Å². The van der Waals surface area contributed by atoms with Crippen molar-refractivity contribution in [3.05, 3.63) is 36.9 Å². The van der Waals surface area contributed by atoms with E-state index in [0.717, 1.165) is 5.56 Å². The number of ether oxygens (including phenoxy) is 3. The SMILES string of the molecule is COc1c(Br)c(C2ON=C(C(=O)N/N=C/c3ccsc3)C2C)c(Br)c2c1OCO2. The summed E-state index contributed by atoms with van der Waals surface area (Å²) in [6, 6.07) is 1.90. The number of nitrogens with one attached hydrogen (secondary N) is 1. The molecule has 0 bridgehead atoms. The second kappa shape index (κ2) is 8.33. The van der Waals surface area contributed by atoms with E-state index in [0.29, 0.717) is 31.8 Å². The zero-order chi connectivity index (χ0) is 20.5. The van der Waals surface area contributed by atoms with Gasteiger partial charge >= 0.3 is 0 Å². The fourth-order valence-corrected chi connectivity index (χ4v) is 5.40. The van der Waals surface area contributed by atoms with Crippen LogP contribution in [0.15, 0.2) is 36.0 Å². The molecule has 0 saturated carbocycles. The predicted octanol–water partition coefficient (Wildman–Crippen LogP) is 4.22. The van der Waals surface area contributed by atoms with E-state index in [9.17, 15) is 4.79 Å². The Morgan fingerprint density at radius 1 is 1.38 bits per heavy atom. The van der Waals surface area contributed by atoms with Gasteiger partial charge in [0.1, 0.15) is 0 Å². The fraction of sp³-hybridized carbons (Fsp3) is 0.278. The Kier molecular flexibility index (Phi) is 5.79. The number of carbonyl (C=O) groups excluding carboxylic acids is 1. The van der Waals surface area contributed by atoms with Crippen molar-refractivity contribution in [2.75, 3.05) is 13.9 Å². The summed E-state index contributed by atoms with van der Waals surface area (Å²) in [7, 11) is 1.54. The van der Waals surface area contributed by atoms with E-state index in [4.69, 9.17) is 19.0 Å². The number of hydrogen-bond acceptors (Lipinski definition) is 8. The zero-order valence-electron chi connectivity index (χ0n) is 15.3. The van der Waals surface area contributed by atoms with Crippen LogP contribution in [-0.4, -0.2) is 31.7 Å². The summed E-state index contributed by atoms with van der Waals surface area (Å²) in [6.07, 6.45) is 1.03. The van der Waals surface area contributed by atoms with Gasteiger partial charge in [0.2, 0.25) is 12.5 Å². The molecule has 0 saturated heterocycles. The molecule has 0 fully saturated rings. The number of fused-ring (bicyclic) bond motifs is 1. The Labute approximate surface area is 187 Å². The third-order valence-corrected chi connectivity index (χ3v) is 6.76. The molecular weight excluding hydrogens is 530 g/mol. The second-order valence-electron chi connectivity index (χ2n) is 6.19. The fourth-order valence-electron chi connectivity index (χ4n) is 3.04. The van der Waals surface area contributed by atoms with Crippen LogP contribution in [0.3, 0.4) is 0 Å². The summed E-state index contributed by atoms with van der Waals surface area (Å²) in [4.78, 5) is 18.1. The summed E-state index contributed by atoms with van der Waals surface area (Å²) >= 11 is 8.67. The molecule has 1 aromatic carbocycles. The standard InChI is InChI=1S/C18H15Br2N3O5S/c1-8-13(18(24)22-21-5-9-3-4-29-6-9)23-28-14(8)10-11(19)15(25-2)17-16(12(10)20)26-7-27-17/h3-6,8,14H,7H2,1-2H3,(H,22,24)/b21-5+. The summed E-state index contributed by atoms with van der Waals surface area (Å²) in [5.74, 6) is 0.747. The molecule has 2 atom stereocenters. The van der Waals surface area contributed by atoms with E-state index in [-0.39, 0.29) is 18.4 Å². The molecule has 152 valence electrons. The molecule has 1 N–H and O–H groups in total. The molecule has 8 nitrogen and oxygen atoms in total. The third-order valence-electron chi connectivity index (χ3n) is 4.48. The summed E-state index contributed by atoms with van der Waals surface area (Å²) in [5.41, 5.74) is 4.36. The Morgan fingerprint density at radius 2 is 2.17 bits per heavy atom. The van der Waals surface area contributed by atoms with Crippen molar-refractivity contribution < 1.29 is 23.8 Å². The molecule has 2 aliphatic heterocycles. The van der Waals surface area contributed by atoms with Gasteiger partial charge in [-0.25, -0.2) is 5.43 Å². The topological polar surface area (TPSA) is 90.7 Å². The van der Waals surface area contributed by atoms with Crippen LogP contribution in [0, 0.1) is 5.92 Å². The highest BCUT2D eigenvalue weighted by Gasteiger charge is 2.41. The van der Waals surface area contributed by atoms with Crippen molar-refractivity contribution in [1.29, 1.82) is 0 Å². The van der Waals surface area contributed by atoms with Gasteiger partial charge in [-0.2, -0.15) is 16.4 Å². The van der Waals surface area contributed by atoms with Crippen molar-refractivity contribution in [2.24, 2.45) is 16.2 Å². The first-order valence-electron chi connectivity index (χ1n) is 8.46. The predicted molar refractivity (Wildman–Crippen MR) is 115 cm³/mol. The van der Waals surface area contributed by atoms with E-state index in [1.807, 2.05) is 23.8 Å². The average Bonchev–Trinajstić information content (AvgIpc) is 3.44. The highest BCUT2D eigenvalue weighted by Crippen LogP contribution is 2.55. The van der Waals surface area contributed by atoms with Crippen LogP contribution in [0.2, 0.25) is 0 Å². The summed E-state index contributed by atoms with van der Waals surface area (Å²) < 4.78 is 17.8. The first kappa shape index (κ1) is 20.2.